The first-order valence-corrected chi connectivity index (χ1v) is 5.63. The fraction of sp³-hybridized carbons (Fsp3) is 0.667. The largest absolute Gasteiger partial charge is 0.446 e. The fourth-order valence-corrected chi connectivity index (χ4v) is 1.16. The van der Waals surface area contributed by atoms with Crippen LogP contribution in [0.4, 0.5) is 10.6 Å². The van der Waals surface area contributed by atoms with Gasteiger partial charge in [-0.1, -0.05) is 20.8 Å². The van der Waals surface area contributed by atoms with Gasteiger partial charge in [-0.15, -0.1) is 0 Å². The number of hydrogen-bond acceptors (Lipinski definition) is 3. The molecule has 0 spiro atoms. The molecule has 0 aliphatic heterocycles. The minimum Gasteiger partial charge on any atom is -0.446 e. The Balaban J connectivity index is 2.65. The summed E-state index contributed by atoms with van der Waals surface area (Å²) in [6, 6.07) is -0.286. The van der Waals surface area contributed by atoms with Crippen LogP contribution in [0.5, 0.6) is 0 Å². The summed E-state index contributed by atoms with van der Waals surface area (Å²) in [5.41, 5.74) is -0.443. The highest BCUT2D eigenvalue weighted by Crippen LogP contribution is 2.22. The van der Waals surface area contributed by atoms with Crippen LogP contribution in [0, 0.1) is 0 Å². The number of carbonyl (C=O) groups excluding carboxylic acids is 1. The standard InChI is InChI=1S/C12H21N3O2/c1-11(2,3)9-13-8(7-17-9)14-10(16)15-12(4,5)6/h7H,1-6H3,(H2,14,15,16). The number of aromatic nitrogens is 1. The Kier molecular flexibility index (Phi) is 3.50. The summed E-state index contributed by atoms with van der Waals surface area (Å²) in [7, 11) is 0. The molecule has 5 heteroatoms. The number of nitrogens with zero attached hydrogens (tertiary/aromatic N) is 1. The van der Waals surface area contributed by atoms with E-state index < -0.39 is 0 Å². The van der Waals surface area contributed by atoms with Gasteiger partial charge in [-0.3, -0.25) is 5.32 Å². The summed E-state index contributed by atoms with van der Waals surface area (Å²) >= 11 is 0. The molecule has 0 fully saturated rings. The monoisotopic (exact) mass is 239 g/mol. The first kappa shape index (κ1) is 13.5. The van der Waals surface area contributed by atoms with Crippen LogP contribution < -0.4 is 10.6 Å². The van der Waals surface area contributed by atoms with E-state index in [0.717, 1.165) is 0 Å². The lowest BCUT2D eigenvalue weighted by molar-refractivity contribution is 0.243. The smallest absolute Gasteiger partial charge is 0.320 e. The number of carbonyl (C=O) groups is 1. The maximum atomic E-state index is 11.6. The van der Waals surface area contributed by atoms with E-state index in [4.69, 9.17) is 4.42 Å². The summed E-state index contributed by atoms with van der Waals surface area (Å²) in [5, 5.41) is 5.42. The maximum Gasteiger partial charge on any atom is 0.320 e. The molecule has 0 saturated heterocycles. The Morgan fingerprint density at radius 2 is 1.82 bits per heavy atom. The van der Waals surface area contributed by atoms with Gasteiger partial charge >= 0.3 is 6.03 Å². The third kappa shape index (κ3) is 4.46. The van der Waals surface area contributed by atoms with Gasteiger partial charge in [-0.25, -0.2) is 4.79 Å². The molecule has 0 bridgehead atoms. The molecule has 2 N–H and O–H groups in total. The summed E-state index contributed by atoms with van der Waals surface area (Å²) in [6.07, 6.45) is 1.45. The van der Waals surface area contributed by atoms with Crippen molar-refractivity contribution in [2.75, 3.05) is 5.32 Å². The molecule has 5 nitrogen and oxygen atoms in total. The zero-order valence-corrected chi connectivity index (χ0v) is 11.3. The van der Waals surface area contributed by atoms with Gasteiger partial charge in [0, 0.05) is 11.0 Å². The van der Waals surface area contributed by atoms with Crippen LogP contribution in [0.15, 0.2) is 10.7 Å². The van der Waals surface area contributed by atoms with Crippen LogP contribution in [0.25, 0.3) is 0 Å². The average molecular weight is 239 g/mol. The third-order valence-corrected chi connectivity index (χ3v) is 1.88. The second kappa shape index (κ2) is 4.39. The molecule has 0 aromatic carbocycles. The second-order valence-corrected chi connectivity index (χ2v) is 6.12. The first-order chi connectivity index (χ1) is 7.58. The molecule has 96 valence electrons. The van der Waals surface area contributed by atoms with Crippen molar-refractivity contribution >= 4 is 11.8 Å². The Bertz CT molecular complexity index is 397. The molecule has 1 heterocycles. The molecule has 0 unspecified atom stereocenters. The highest BCUT2D eigenvalue weighted by Gasteiger charge is 2.21. The van der Waals surface area contributed by atoms with Gasteiger partial charge in [0.2, 0.25) is 5.89 Å². The molecule has 2 amide bonds. The van der Waals surface area contributed by atoms with Crippen molar-refractivity contribution in [2.24, 2.45) is 0 Å². The lowest BCUT2D eigenvalue weighted by Crippen LogP contribution is -2.43. The van der Waals surface area contributed by atoms with Crippen molar-refractivity contribution in [2.45, 2.75) is 52.5 Å². The highest BCUT2D eigenvalue weighted by molar-refractivity contribution is 5.88. The third-order valence-electron chi connectivity index (χ3n) is 1.88. The van der Waals surface area contributed by atoms with E-state index in [-0.39, 0.29) is 17.0 Å². The Morgan fingerprint density at radius 1 is 1.24 bits per heavy atom. The predicted molar refractivity (Wildman–Crippen MR) is 67.1 cm³/mol. The number of nitrogens with one attached hydrogen (secondary N) is 2. The van der Waals surface area contributed by atoms with Crippen molar-refractivity contribution in [3.63, 3.8) is 0 Å². The molecule has 1 aromatic rings. The summed E-state index contributed by atoms with van der Waals surface area (Å²) in [6.45, 7) is 11.7. The molecule has 0 radical (unpaired) electrons. The van der Waals surface area contributed by atoms with Crippen molar-refractivity contribution in [1.82, 2.24) is 10.3 Å². The first-order valence-electron chi connectivity index (χ1n) is 5.63. The van der Waals surface area contributed by atoms with Crippen LogP contribution in [-0.4, -0.2) is 16.6 Å². The molecule has 0 saturated carbocycles. The van der Waals surface area contributed by atoms with Crippen LogP contribution in [0.2, 0.25) is 0 Å². The second-order valence-electron chi connectivity index (χ2n) is 6.12. The highest BCUT2D eigenvalue weighted by atomic mass is 16.3. The number of rotatable bonds is 1. The molecule has 1 rings (SSSR count). The van der Waals surface area contributed by atoms with E-state index in [1.165, 1.54) is 6.26 Å². The fourth-order valence-electron chi connectivity index (χ4n) is 1.16. The quantitative estimate of drug-likeness (QED) is 0.791. The number of oxazole rings is 1. The predicted octanol–water partition coefficient (Wildman–Crippen LogP) is 2.89. The van der Waals surface area contributed by atoms with Gasteiger partial charge in [0.15, 0.2) is 5.82 Å². The minimum atomic E-state index is -0.286. The zero-order chi connectivity index (χ0) is 13.3. The van der Waals surface area contributed by atoms with Crippen LogP contribution in [0.1, 0.15) is 47.4 Å². The number of hydrogen-bond donors (Lipinski definition) is 2. The van der Waals surface area contributed by atoms with Gasteiger partial charge in [0.25, 0.3) is 0 Å². The van der Waals surface area contributed by atoms with Gasteiger partial charge in [0.1, 0.15) is 6.26 Å². The van der Waals surface area contributed by atoms with Gasteiger partial charge in [0.05, 0.1) is 0 Å². The van der Waals surface area contributed by atoms with Crippen molar-refractivity contribution in [3.8, 4) is 0 Å². The molecule has 0 aliphatic carbocycles. The number of anilines is 1. The Hall–Kier alpha value is -1.52. The van der Waals surface area contributed by atoms with E-state index in [9.17, 15) is 4.79 Å². The molecule has 1 aromatic heterocycles. The van der Waals surface area contributed by atoms with Crippen molar-refractivity contribution in [1.29, 1.82) is 0 Å². The van der Waals surface area contributed by atoms with E-state index in [2.05, 4.69) is 15.6 Å². The van der Waals surface area contributed by atoms with Crippen LogP contribution in [0.3, 0.4) is 0 Å². The maximum absolute atomic E-state index is 11.6. The molecule has 17 heavy (non-hydrogen) atoms. The molecular weight excluding hydrogens is 218 g/mol. The van der Waals surface area contributed by atoms with Crippen LogP contribution in [-0.2, 0) is 5.41 Å². The number of amides is 2. The Morgan fingerprint density at radius 3 is 2.24 bits per heavy atom. The van der Waals surface area contributed by atoms with E-state index >= 15 is 0 Å². The summed E-state index contributed by atoms with van der Waals surface area (Å²) < 4.78 is 5.31. The Labute approximate surface area is 102 Å². The molecular formula is C12H21N3O2. The minimum absolute atomic E-state index is 0.166. The van der Waals surface area contributed by atoms with E-state index in [1.54, 1.807) is 0 Å². The SMILES string of the molecule is CC(C)(C)NC(=O)Nc1coc(C(C)(C)C)n1. The van der Waals surface area contributed by atoms with Crippen molar-refractivity contribution in [3.05, 3.63) is 12.2 Å². The normalized spacial score (nSPS) is 12.4. The zero-order valence-electron chi connectivity index (χ0n) is 11.3. The lowest BCUT2D eigenvalue weighted by atomic mass is 9.97. The van der Waals surface area contributed by atoms with Crippen LogP contribution >= 0.6 is 0 Å². The van der Waals surface area contributed by atoms with Gasteiger partial charge < -0.3 is 9.73 Å². The molecule has 0 aliphatic rings. The number of urea groups is 1. The van der Waals surface area contributed by atoms with Crippen molar-refractivity contribution < 1.29 is 9.21 Å². The topological polar surface area (TPSA) is 67.2 Å². The average Bonchev–Trinajstić information content (AvgIpc) is 2.47. The van der Waals surface area contributed by atoms with E-state index in [0.29, 0.717) is 11.7 Å². The molecule has 0 atom stereocenters. The van der Waals surface area contributed by atoms with Gasteiger partial charge in [-0.2, -0.15) is 4.98 Å². The summed E-state index contributed by atoms with van der Waals surface area (Å²) in [4.78, 5) is 15.8. The van der Waals surface area contributed by atoms with Gasteiger partial charge in [-0.05, 0) is 20.8 Å². The van der Waals surface area contributed by atoms with E-state index in [1.807, 2.05) is 41.5 Å². The lowest BCUT2D eigenvalue weighted by Gasteiger charge is -2.20. The summed E-state index contributed by atoms with van der Waals surface area (Å²) in [5.74, 6) is 1.03.